The predicted octanol–water partition coefficient (Wildman–Crippen LogP) is 3.81. The fraction of sp³-hybridized carbons (Fsp3) is 0.222. The molecule has 2 aromatic rings. The van der Waals surface area contributed by atoms with Crippen molar-refractivity contribution in [3.8, 4) is 0 Å². The van der Waals surface area contributed by atoms with Gasteiger partial charge in [0.25, 0.3) is 0 Å². The second-order valence-electron chi connectivity index (χ2n) is 4.78. The van der Waals surface area contributed by atoms with E-state index in [9.17, 15) is 9.59 Å². The standard InChI is InChI=1S/C18H18O3/c1-3-13-5-9-15(10-6-13)17(19)21-18(20)16-11-7-14(4-2)8-12-16/h5-12H,3-4H2,1-2H3. The van der Waals surface area contributed by atoms with E-state index in [-0.39, 0.29) is 0 Å². The molecule has 2 rings (SSSR count). The molecule has 108 valence electrons. The number of hydrogen-bond acceptors (Lipinski definition) is 3. The topological polar surface area (TPSA) is 43.4 Å². The average molecular weight is 282 g/mol. The van der Waals surface area contributed by atoms with Gasteiger partial charge >= 0.3 is 11.9 Å². The smallest absolute Gasteiger partial charge is 0.346 e. The number of hydrogen-bond donors (Lipinski definition) is 0. The Balaban J connectivity index is 2.05. The van der Waals surface area contributed by atoms with Crippen LogP contribution in [0.25, 0.3) is 0 Å². The second kappa shape index (κ2) is 6.84. The van der Waals surface area contributed by atoms with Crippen molar-refractivity contribution in [2.45, 2.75) is 26.7 Å². The van der Waals surface area contributed by atoms with E-state index in [0.717, 1.165) is 24.0 Å². The third kappa shape index (κ3) is 3.78. The molecule has 0 heterocycles. The predicted molar refractivity (Wildman–Crippen MR) is 81.4 cm³/mol. The number of benzene rings is 2. The van der Waals surface area contributed by atoms with Gasteiger partial charge in [-0.05, 0) is 48.2 Å². The maximum atomic E-state index is 11.9. The number of ether oxygens (including phenoxy) is 1. The normalized spacial score (nSPS) is 10.2. The molecule has 3 nitrogen and oxygen atoms in total. The highest BCUT2D eigenvalue weighted by molar-refractivity contribution is 6.02. The molecule has 0 bridgehead atoms. The third-order valence-electron chi connectivity index (χ3n) is 3.38. The monoisotopic (exact) mass is 282 g/mol. The lowest BCUT2D eigenvalue weighted by atomic mass is 10.1. The lowest BCUT2D eigenvalue weighted by molar-refractivity contribution is 0.0398. The Morgan fingerprint density at radius 1 is 0.714 bits per heavy atom. The zero-order chi connectivity index (χ0) is 15.2. The Morgan fingerprint density at radius 3 is 1.33 bits per heavy atom. The minimum atomic E-state index is -0.623. The maximum absolute atomic E-state index is 11.9. The lowest BCUT2D eigenvalue weighted by Crippen LogP contribution is -2.12. The molecule has 0 atom stereocenters. The molecule has 3 heteroatoms. The van der Waals surface area contributed by atoms with Crippen LogP contribution in [0, 0.1) is 0 Å². The first-order valence-corrected chi connectivity index (χ1v) is 7.08. The highest BCUT2D eigenvalue weighted by Gasteiger charge is 2.14. The summed E-state index contributed by atoms with van der Waals surface area (Å²) in [4.78, 5) is 23.8. The van der Waals surface area contributed by atoms with Crippen LogP contribution in [-0.4, -0.2) is 11.9 Å². The fourth-order valence-corrected chi connectivity index (χ4v) is 1.96. The summed E-state index contributed by atoms with van der Waals surface area (Å²) in [5.74, 6) is -1.25. The summed E-state index contributed by atoms with van der Waals surface area (Å²) < 4.78 is 4.89. The van der Waals surface area contributed by atoms with E-state index in [1.165, 1.54) is 0 Å². The number of rotatable bonds is 4. The number of carbonyl (C=O) groups excluding carboxylic acids is 2. The van der Waals surface area contributed by atoms with Gasteiger partial charge in [-0.25, -0.2) is 9.59 Å². The van der Waals surface area contributed by atoms with E-state index >= 15 is 0 Å². The molecule has 0 unspecified atom stereocenters. The van der Waals surface area contributed by atoms with Gasteiger partial charge < -0.3 is 4.74 Å². The Labute approximate surface area is 124 Å². The first kappa shape index (κ1) is 15.0. The Kier molecular flexibility index (Phi) is 4.88. The first-order valence-electron chi connectivity index (χ1n) is 7.08. The SMILES string of the molecule is CCc1ccc(C(=O)OC(=O)c2ccc(CC)cc2)cc1. The number of carbonyl (C=O) groups is 2. The van der Waals surface area contributed by atoms with Gasteiger partial charge in [-0.2, -0.15) is 0 Å². The highest BCUT2D eigenvalue weighted by Crippen LogP contribution is 2.10. The van der Waals surface area contributed by atoms with Crippen molar-refractivity contribution >= 4 is 11.9 Å². The molecule has 21 heavy (non-hydrogen) atoms. The van der Waals surface area contributed by atoms with Crippen LogP contribution >= 0.6 is 0 Å². The van der Waals surface area contributed by atoms with Crippen LogP contribution in [-0.2, 0) is 17.6 Å². The van der Waals surface area contributed by atoms with Crippen molar-refractivity contribution in [3.63, 3.8) is 0 Å². The van der Waals surface area contributed by atoms with Gasteiger partial charge in [0.2, 0.25) is 0 Å². The van der Waals surface area contributed by atoms with Crippen molar-refractivity contribution in [3.05, 3.63) is 70.8 Å². The van der Waals surface area contributed by atoms with Crippen molar-refractivity contribution in [2.75, 3.05) is 0 Å². The van der Waals surface area contributed by atoms with Crippen LogP contribution in [0.4, 0.5) is 0 Å². The van der Waals surface area contributed by atoms with Gasteiger partial charge in [0.1, 0.15) is 0 Å². The third-order valence-corrected chi connectivity index (χ3v) is 3.38. The van der Waals surface area contributed by atoms with Gasteiger partial charge in [0, 0.05) is 0 Å². The maximum Gasteiger partial charge on any atom is 0.346 e. The molecular weight excluding hydrogens is 264 g/mol. The van der Waals surface area contributed by atoms with Crippen LogP contribution in [0.1, 0.15) is 45.7 Å². The van der Waals surface area contributed by atoms with Crippen molar-refractivity contribution < 1.29 is 14.3 Å². The van der Waals surface area contributed by atoms with Gasteiger partial charge in [-0.3, -0.25) is 0 Å². The van der Waals surface area contributed by atoms with Crippen LogP contribution in [0.3, 0.4) is 0 Å². The molecule has 0 amide bonds. The van der Waals surface area contributed by atoms with Gasteiger partial charge in [-0.1, -0.05) is 38.1 Å². The Morgan fingerprint density at radius 2 is 1.05 bits per heavy atom. The summed E-state index contributed by atoms with van der Waals surface area (Å²) in [6.45, 7) is 4.08. The van der Waals surface area contributed by atoms with Crippen LogP contribution < -0.4 is 0 Å². The van der Waals surface area contributed by atoms with Crippen molar-refractivity contribution in [2.24, 2.45) is 0 Å². The molecule has 0 aliphatic heterocycles. The van der Waals surface area contributed by atoms with Crippen molar-refractivity contribution in [1.82, 2.24) is 0 Å². The Bertz CT molecular complexity index is 567. The minimum Gasteiger partial charge on any atom is -0.386 e. The minimum absolute atomic E-state index is 0.380. The zero-order valence-corrected chi connectivity index (χ0v) is 12.3. The quantitative estimate of drug-likeness (QED) is 0.632. The molecule has 0 saturated carbocycles. The number of aryl methyl sites for hydroxylation is 2. The molecule has 0 fully saturated rings. The number of esters is 2. The molecule has 0 aliphatic rings. The largest absolute Gasteiger partial charge is 0.386 e. The van der Waals surface area contributed by atoms with E-state index in [1.807, 2.05) is 38.1 Å². The Hall–Kier alpha value is -2.42. The summed E-state index contributed by atoms with van der Waals surface area (Å²) in [7, 11) is 0. The highest BCUT2D eigenvalue weighted by atomic mass is 16.6. The lowest BCUT2D eigenvalue weighted by Gasteiger charge is -2.04. The zero-order valence-electron chi connectivity index (χ0n) is 12.3. The molecular formula is C18H18O3. The average Bonchev–Trinajstić information content (AvgIpc) is 2.55. The summed E-state index contributed by atoms with van der Waals surface area (Å²) in [5.41, 5.74) is 3.03. The molecule has 0 spiro atoms. The van der Waals surface area contributed by atoms with E-state index < -0.39 is 11.9 Å². The van der Waals surface area contributed by atoms with E-state index in [1.54, 1.807) is 24.3 Å². The van der Waals surface area contributed by atoms with Gasteiger partial charge in [-0.15, -0.1) is 0 Å². The van der Waals surface area contributed by atoms with Crippen LogP contribution in [0.2, 0.25) is 0 Å². The van der Waals surface area contributed by atoms with E-state index in [4.69, 9.17) is 4.74 Å². The fourth-order valence-electron chi connectivity index (χ4n) is 1.96. The molecule has 0 radical (unpaired) electrons. The summed E-state index contributed by atoms with van der Waals surface area (Å²) in [6.07, 6.45) is 1.80. The van der Waals surface area contributed by atoms with Gasteiger partial charge in [0.15, 0.2) is 0 Å². The second-order valence-corrected chi connectivity index (χ2v) is 4.78. The van der Waals surface area contributed by atoms with Gasteiger partial charge in [0.05, 0.1) is 11.1 Å². The van der Waals surface area contributed by atoms with Crippen molar-refractivity contribution in [1.29, 1.82) is 0 Å². The molecule has 0 aliphatic carbocycles. The summed E-state index contributed by atoms with van der Waals surface area (Å²) in [6, 6.07) is 14.1. The first-order chi connectivity index (χ1) is 10.1. The molecule has 0 saturated heterocycles. The van der Waals surface area contributed by atoms with Crippen LogP contribution in [0.15, 0.2) is 48.5 Å². The van der Waals surface area contributed by atoms with E-state index in [2.05, 4.69) is 0 Å². The molecule has 0 aromatic heterocycles. The molecule has 2 aromatic carbocycles. The summed E-state index contributed by atoms with van der Waals surface area (Å²) in [5, 5.41) is 0. The summed E-state index contributed by atoms with van der Waals surface area (Å²) >= 11 is 0. The van der Waals surface area contributed by atoms with E-state index in [0.29, 0.717) is 11.1 Å². The van der Waals surface area contributed by atoms with Crippen LogP contribution in [0.5, 0.6) is 0 Å². The molecule has 0 N–H and O–H groups in total.